The van der Waals surface area contributed by atoms with Gasteiger partial charge in [-0.15, -0.1) is 11.3 Å². The number of thiazole rings is 1. The summed E-state index contributed by atoms with van der Waals surface area (Å²) in [6.07, 6.45) is -3.60. The van der Waals surface area contributed by atoms with Gasteiger partial charge in [-0.2, -0.15) is 13.2 Å². The molecule has 2 aromatic heterocycles. The standard InChI is InChI=1S/C14H12F3N4OS/c1-13(2,14(15,16)17)12-20-8-6(9(21-12)11(18)22)3-4-7-10(8)23-5-19-7/h3-4H2,1-2H3,(H2,18,22). The number of nitrogens with zero attached hydrogens (tertiary/aromatic N) is 3. The van der Waals surface area contributed by atoms with E-state index < -0.39 is 23.3 Å². The van der Waals surface area contributed by atoms with Gasteiger partial charge >= 0.3 is 6.18 Å². The fraction of sp³-hybridized carbons (Fsp3) is 0.429. The van der Waals surface area contributed by atoms with E-state index in [9.17, 15) is 18.0 Å². The number of carbonyl (C=O) groups is 1. The second kappa shape index (κ2) is 4.98. The molecule has 0 atom stereocenters. The normalized spacial score (nSPS) is 14.3. The lowest BCUT2D eigenvalue weighted by atomic mass is 9.89. The van der Waals surface area contributed by atoms with Gasteiger partial charge in [0.2, 0.25) is 0 Å². The molecule has 1 aliphatic rings. The van der Waals surface area contributed by atoms with Crippen LogP contribution in [0.1, 0.15) is 41.4 Å². The van der Waals surface area contributed by atoms with Crippen LogP contribution in [0.3, 0.4) is 0 Å². The van der Waals surface area contributed by atoms with Crippen LogP contribution in [0.5, 0.6) is 0 Å². The molecule has 9 heteroatoms. The smallest absolute Gasteiger partial charge is 0.364 e. The van der Waals surface area contributed by atoms with Gasteiger partial charge in [-0.05, 0) is 26.7 Å². The quantitative estimate of drug-likeness (QED) is 0.909. The minimum Gasteiger partial charge on any atom is -0.364 e. The summed E-state index contributed by atoms with van der Waals surface area (Å²) in [6.45, 7) is 1.95. The molecule has 0 aromatic carbocycles. The molecule has 1 radical (unpaired) electrons. The third-order valence-corrected chi connectivity index (χ3v) is 4.74. The van der Waals surface area contributed by atoms with Crippen LogP contribution in [-0.4, -0.2) is 27.0 Å². The summed E-state index contributed by atoms with van der Waals surface area (Å²) in [6, 6.07) is 0. The highest BCUT2D eigenvalue weighted by molar-refractivity contribution is 7.13. The predicted molar refractivity (Wildman–Crippen MR) is 77.0 cm³/mol. The van der Waals surface area contributed by atoms with Crippen molar-refractivity contribution in [3.63, 3.8) is 0 Å². The van der Waals surface area contributed by atoms with Crippen LogP contribution in [0.4, 0.5) is 13.2 Å². The van der Waals surface area contributed by atoms with E-state index in [0.717, 1.165) is 25.2 Å². The summed E-state index contributed by atoms with van der Waals surface area (Å²) in [5.74, 6) is -1.33. The zero-order valence-corrected chi connectivity index (χ0v) is 13.1. The van der Waals surface area contributed by atoms with E-state index in [2.05, 4.69) is 20.5 Å². The van der Waals surface area contributed by atoms with Crippen LogP contribution in [0, 0.1) is 5.51 Å². The zero-order valence-electron chi connectivity index (χ0n) is 12.3. The molecule has 0 aliphatic heterocycles. The molecular formula is C14H12F3N4OS. The number of fused-ring (bicyclic) bond motifs is 3. The molecule has 0 bridgehead atoms. The lowest BCUT2D eigenvalue weighted by Gasteiger charge is -2.28. The number of carbonyl (C=O) groups excluding carboxylic acids is 1. The van der Waals surface area contributed by atoms with E-state index in [-0.39, 0.29) is 5.69 Å². The van der Waals surface area contributed by atoms with Gasteiger partial charge in [0, 0.05) is 5.56 Å². The Balaban J connectivity index is 2.29. The van der Waals surface area contributed by atoms with E-state index in [1.165, 1.54) is 0 Å². The third kappa shape index (κ3) is 2.39. The van der Waals surface area contributed by atoms with Crippen molar-refractivity contribution >= 4 is 17.2 Å². The van der Waals surface area contributed by atoms with Gasteiger partial charge in [0.1, 0.15) is 16.9 Å². The van der Waals surface area contributed by atoms with E-state index in [1.807, 2.05) is 0 Å². The van der Waals surface area contributed by atoms with E-state index in [4.69, 9.17) is 5.73 Å². The first-order valence-electron chi connectivity index (χ1n) is 6.77. The van der Waals surface area contributed by atoms with Crippen LogP contribution in [0.2, 0.25) is 0 Å². The summed E-state index contributed by atoms with van der Waals surface area (Å²) < 4.78 is 39.9. The first-order valence-corrected chi connectivity index (χ1v) is 7.58. The van der Waals surface area contributed by atoms with Crippen LogP contribution in [0.15, 0.2) is 0 Å². The molecule has 2 heterocycles. The van der Waals surface area contributed by atoms with E-state index in [0.29, 0.717) is 34.7 Å². The van der Waals surface area contributed by atoms with Crippen molar-refractivity contribution in [3.05, 3.63) is 28.3 Å². The Kier molecular flexibility index (Phi) is 3.44. The number of aryl methyl sites for hydroxylation is 1. The van der Waals surface area contributed by atoms with Gasteiger partial charge in [0.15, 0.2) is 5.51 Å². The second-order valence-corrected chi connectivity index (χ2v) is 6.59. The Morgan fingerprint density at radius 3 is 2.57 bits per heavy atom. The van der Waals surface area contributed by atoms with Crippen molar-refractivity contribution in [1.82, 2.24) is 15.0 Å². The first kappa shape index (κ1) is 15.9. The lowest BCUT2D eigenvalue weighted by molar-refractivity contribution is -0.182. The maximum atomic E-state index is 13.3. The number of halogens is 3. The average molecular weight is 341 g/mol. The lowest BCUT2D eigenvalue weighted by Crippen LogP contribution is -2.39. The first-order chi connectivity index (χ1) is 10.6. The van der Waals surface area contributed by atoms with Crippen molar-refractivity contribution in [2.45, 2.75) is 38.3 Å². The topological polar surface area (TPSA) is 81.8 Å². The van der Waals surface area contributed by atoms with Gasteiger partial charge in [-0.1, -0.05) is 0 Å². The predicted octanol–water partition coefficient (Wildman–Crippen LogP) is 2.44. The number of amides is 1. The van der Waals surface area contributed by atoms with Gasteiger partial charge in [0.05, 0.1) is 16.3 Å². The molecule has 0 saturated carbocycles. The maximum absolute atomic E-state index is 13.3. The summed E-state index contributed by atoms with van der Waals surface area (Å²) >= 11 is 1.16. The Bertz CT molecular complexity index is 798. The highest BCUT2D eigenvalue weighted by atomic mass is 32.1. The molecule has 23 heavy (non-hydrogen) atoms. The van der Waals surface area contributed by atoms with Crippen LogP contribution >= 0.6 is 11.3 Å². The molecule has 5 nitrogen and oxygen atoms in total. The maximum Gasteiger partial charge on any atom is 0.400 e. The Hall–Kier alpha value is -2.03. The molecule has 0 spiro atoms. The second-order valence-electron chi connectivity index (χ2n) is 5.79. The van der Waals surface area contributed by atoms with Crippen LogP contribution in [0.25, 0.3) is 10.6 Å². The molecular weight excluding hydrogens is 329 g/mol. The van der Waals surface area contributed by atoms with Gasteiger partial charge in [0.25, 0.3) is 5.91 Å². The number of hydrogen-bond acceptors (Lipinski definition) is 5. The molecule has 0 fully saturated rings. The Morgan fingerprint density at radius 1 is 1.26 bits per heavy atom. The Morgan fingerprint density at radius 2 is 1.96 bits per heavy atom. The van der Waals surface area contributed by atoms with Crippen molar-refractivity contribution < 1.29 is 18.0 Å². The number of nitrogens with two attached hydrogens (primary N) is 1. The minimum atomic E-state index is -4.56. The number of rotatable bonds is 2. The molecule has 0 saturated heterocycles. The third-order valence-electron chi connectivity index (χ3n) is 3.93. The van der Waals surface area contributed by atoms with Crippen LogP contribution < -0.4 is 5.73 Å². The molecule has 121 valence electrons. The van der Waals surface area contributed by atoms with Gasteiger partial charge in [-0.3, -0.25) is 4.79 Å². The van der Waals surface area contributed by atoms with Crippen LogP contribution in [-0.2, 0) is 18.3 Å². The van der Waals surface area contributed by atoms with Gasteiger partial charge < -0.3 is 5.73 Å². The largest absolute Gasteiger partial charge is 0.400 e. The average Bonchev–Trinajstić information content (AvgIpc) is 2.93. The van der Waals surface area contributed by atoms with Gasteiger partial charge in [-0.25, -0.2) is 15.0 Å². The highest BCUT2D eigenvalue weighted by Gasteiger charge is 2.51. The van der Waals surface area contributed by atoms with Crippen molar-refractivity contribution in [3.8, 4) is 10.6 Å². The molecule has 2 N–H and O–H groups in total. The SMILES string of the molecule is CC(C)(c1nc(C(N)=O)c2c(n1)-c1s[c]nc1CC2)C(F)(F)F. The Labute approximate surface area is 133 Å². The molecule has 1 aliphatic carbocycles. The highest BCUT2D eigenvalue weighted by Crippen LogP contribution is 2.42. The molecule has 3 rings (SSSR count). The summed E-state index contributed by atoms with van der Waals surface area (Å²) in [5.41, 5.74) is 7.07. The zero-order chi connectivity index (χ0) is 17.0. The fourth-order valence-corrected chi connectivity index (χ4v) is 3.13. The summed E-state index contributed by atoms with van der Waals surface area (Å²) in [7, 11) is 0. The van der Waals surface area contributed by atoms with E-state index in [1.54, 1.807) is 0 Å². The molecule has 1 amide bonds. The number of aromatic nitrogens is 3. The number of primary amides is 1. The number of alkyl halides is 3. The summed E-state index contributed by atoms with van der Waals surface area (Å²) in [5, 5.41) is 0. The van der Waals surface area contributed by atoms with Crippen molar-refractivity contribution in [1.29, 1.82) is 0 Å². The molecule has 0 unspecified atom stereocenters. The van der Waals surface area contributed by atoms with E-state index >= 15 is 0 Å². The monoisotopic (exact) mass is 341 g/mol. The number of hydrogen-bond donors (Lipinski definition) is 1. The van der Waals surface area contributed by atoms with Crippen molar-refractivity contribution in [2.75, 3.05) is 0 Å². The fourth-order valence-electron chi connectivity index (χ4n) is 2.35. The summed E-state index contributed by atoms with van der Waals surface area (Å²) in [4.78, 5) is 24.3. The van der Waals surface area contributed by atoms with Crippen molar-refractivity contribution in [2.24, 2.45) is 5.73 Å². The molecule has 2 aromatic rings. The minimum absolute atomic E-state index is 0.152.